The summed E-state index contributed by atoms with van der Waals surface area (Å²) < 4.78 is 1.54. The van der Waals surface area contributed by atoms with Gasteiger partial charge in [-0.1, -0.05) is 41.1 Å². The second-order valence-electron chi connectivity index (χ2n) is 3.92. The number of pyridine rings is 1. The zero-order valence-corrected chi connectivity index (χ0v) is 13.1. The zero-order valence-electron chi connectivity index (χ0n) is 9.93. The topological polar surface area (TPSA) is 54.9 Å². The average Bonchev–Trinajstić information content (AvgIpc) is 2.87. The van der Waals surface area contributed by atoms with Crippen molar-refractivity contribution < 1.29 is 4.79 Å². The van der Waals surface area contributed by atoms with Crippen molar-refractivity contribution in [3.63, 3.8) is 0 Å². The van der Waals surface area contributed by atoms with Crippen molar-refractivity contribution in [2.75, 3.05) is 5.32 Å². The van der Waals surface area contributed by atoms with Crippen LogP contribution >= 0.6 is 38.9 Å². The molecule has 0 unspecified atom stereocenters. The molecule has 4 nitrogen and oxygen atoms in total. The van der Waals surface area contributed by atoms with Crippen molar-refractivity contribution in [1.82, 2.24) is 9.97 Å². The fourth-order valence-corrected chi connectivity index (χ4v) is 3.28. The van der Waals surface area contributed by atoms with Crippen LogP contribution < -0.4 is 5.32 Å². The van der Waals surface area contributed by atoms with Crippen LogP contribution in [0, 0.1) is 0 Å². The second-order valence-corrected chi connectivity index (χ2v) is 6.07. The third-order valence-electron chi connectivity index (χ3n) is 2.59. The molecule has 100 valence electrons. The van der Waals surface area contributed by atoms with Crippen molar-refractivity contribution in [2.45, 2.75) is 0 Å². The molecule has 1 aromatic carbocycles. The maximum absolute atomic E-state index is 12.0. The summed E-state index contributed by atoms with van der Waals surface area (Å²) in [4.78, 5) is 20.4. The van der Waals surface area contributed by atoms with E-state index in [-0.39, 0.29) is 5.91 Å². The van der Waals surface area contributed by atoms with Crippen LogP contribution in [0.15, 0.2) is 41.0 Å². The quantitative estimate of drug-likeness (QED) is 0.684. The number of carbonyl (C=O) groups is 1. The number of hydrogen-bond acceptors (Lipinski definition) is 4. The molecule has 0 aliphatic carbocycles. The van der Waals surface area contributed by atoms with E-state index in [1.165, 1.54) is 11.3 Å². The first-order valence-electron chi connectivity index (χ1n) is 5.62. The predicted octanol–water partition coefficient (Wildman–Crippen LogP) is 4.36. The molecule has 2 aromatic heterocycles. The predicted molar refractivity (Wildman–Crippen MR) is 84.5 cm³/mol. The summed E-state index contributed by atoms with van der Waals surface area (Å²) in [5, 5.41) is 3.66. The summed E-state index contributed by atoms with van der Waals surface area (Å²) in [5.74, 6) is -0.195. The van der Waals surface area contributed by atoms with Crippen LogP contribution in [0.4, 0.5) is 5.13 Å². The summed E-state index contributed by atoms with van der Waals surface area (Å²) in [6.07, 6.45) is 1.58. The Bertz CT molecular complexity index is 791. The number of benzene rings is 1. The Morgan fingerprint density at radius 1 is 1.30 bits per heavy atom. The van der Waals surface area contributed by atoms with Crippen molar-refractivity contribution in [3.05, 3.63) is 51.7 Å². The third kappa shape index (κ3) is 2.54. The van der Waals surface area contributed by atoms with Crippen molar-refractivity contribution in [3.8, 4) is 0 Å². The van der Waals surface area contributed by atoms with Crippen molar-refractivity contribution >= 4 is 60.1 Å². The van der Waals surface area contributed by atoms with Gasteiger partial charge in [-0.15, -0.1) is 0 Å². The fourth-order valence-electron chi connectivity index (χ4n) is 1.66. The molecule has 20 heavy (non-hydrogen) atoms. The lowest BCUT2D eigenvalue weighted by Gasteiger charge is -2.00. The van der Waals surface area contributed by atoms with Crippen LogP contribution in [0.3, 0.4) is 0 Å². The Balaban J connectivity index is 1.92. The highest BCUT2D eigenvalue weighted by molar-refractivity contribution is 9.10. The molecule has 3 rings (SSSR count). The van der Waals surface area contributed by atoms with Gasteiger partial charge in [0.25, 0.3) is 5.91 Å². The van der Waals surface area contributed by atoms with Gasteiger partial charge < -0.3 is 0 Å². The van der Waals surface area contributed by atoms with Crippen LogP contribution in [0.25, 0.3) is 10.2 Å². The lowest BCUT2D eigenvalue weighted by Crippen LogP contribution is -2.11. The number of nitrogens with one attached hydrogen (secondary N) is 1. The molecule has 0 saturated carbocycles. The maximum Gasteiger partial charge on any atom is 0.257 e. The smallest absolute Gasteiger partial charge is 0.257 e. The molecule has 1 N–H and O–H groups in total. The van der Waals surface area contributed by atoms with E-state index in [0.29, 0.717) is 25.8 Å². The first-order chi connectivity index (χ1) is 9.65. The van der Waals surface area contributed by atoms with E-state index in [0.717, 1.165) is 4.70 Å². The Morgan fingerprint density at radius 2 is 2.05 bits per heavy atom. The Labute approximate surface area is 131 Å². The summed E-state index contributed by atoms with van der Waals surface area (Å²) in [7, 11) is 0. The monoisotopic (exact) mass is 367 g/mol. The van der Waals surface area contributed by atoms with E-state index in [9.17, 15) is 4.79 Å². The minimum Gasteiger partial charge on any atom is -0.298 e. The van der Waals surface area contributed by atoms with Gasteiger partial charge in [-0.05, 0) is 28.1 Å². The van der Waals surface area contributed by atoms with E-state index < -0.39 is 0 Å². The van der Waals surface area contributed by atoms with Crippen molar-refractivity contribution in [1.29, 1.82) is 0 Å². The number of nitrogens with zero attached hydrogens (tertiary/aromatic N) is 2. The van der Waals surface area contributed by atoms with E-state index >= 15 is 0 Å². The Kier molecular flexibility index (Phi) is 3.69. The number of fused-ring (bicyclic) bond motifs is 1. The highest BCUT2D eigenvalue weighted by Crippen LogP contribution is 2.35. The number of aromatic nitrogens is 2. The van der Waals surface area contributed by atoms with Gasteiger partial charge in [0.15, 0.2) is 5.13 Å². The standard InChI is InChI=1S/C13H7BrClN3OS/c14-9-10-8(6-16-11(9)15)17-13(20-10)18-12(19)7-4-2-1-3-5-7/h1-6H,(H,17,18,19). The summed E-state index contributed by atoms with van der Waals surface area (Å²) >= 11 is 10.6. The number of halogens is 2. The van der Waals surface area contributed by atoms with Crippen LogP contribution in [-0.4, -0.2) is 15.9 Å². The van der Waals surface area contributed by atoms with Gasteiger partial charge >= 0.3 is 0 Å². The van der Waals surface area contributed by atoms with Crippen molar-refractivity contribution in [2.24, 2.45) is 0 Å². The first kappa shape index (κ1) is 13.5. The molecule has 2 heterocycles. The fraction of sp³-hybridized carbons (Fsp3) is 0. The summed E-state index contributed by atoms with van der Waals surface area (Å²) in [6.45, 7) is 0. The Morgan fingerprint density at radius 3 is 2.80 bits per heavy atom. The van der Waals surface area contributed by atoms with E-state index in [1.807, 2.05) is 18.2 Å². The van der Waals surface area contributed by atoms with E-state index in [1.54, 1.807) is 18.3 Å². The zero-order chi connectivity index (χ0) is 14.1. The Hall–Kier alpha value is -1.50. The van der Waals surface area contributed by atoms with Gasteiger partial charge in [-0.2, -0.15) is 0 Å². The first-order valence-corrected chi connectivity index (χ1v) is 7.61. The minimum absolute atomic E-state index is 0.195. The second kappa shape index (κ2) is 5.47. The molecule has 0 bridgehead atoms. The summed E-state index contributed by atoms with van der Waals surface area (Å²) in [5.41, 5.74) is 1.27. The highest BCUT2D eigenvalue weighted by atomic mass is 79.9. The van der Waals surface area contributed by atoms with E-state index in [4.69, 9.17) is 11.6 Å². The van der Waals surface area contributed by atoms with Crippen LogP contribution in [-0.2, 0) is 0 Å². The van der Waals surface area contributed by atoms with Crippen LogP contribution in [0.2, 0.25) is 5.15 Å². The van der Waals surface area contributed by atoms with Gasteiger partial charge in [-0.3, -0.25) is 10.1 Å². The van der Waals surface area contributed by atoms with Gasteiger partial charge in [0.2, 0.25) is 0 Å². The molecule has 0 fully saturated rings. The molecular weight excluding hydrogens is 362 g/mol. The third-order valence-corrected chi connectivity index (χ3v) is 5.14. The molecule has 0 spiro atoms. The summed E-state index contributed by atoms with van der Waals surface area (Å²) in [6, 6.07) is 8.98. The number of hydrogen-bond donors (Lipinski definition) is 1. The molecule has 1 amide bonds. The SMILES string of the molecule is O=C(Nc1nc2cnc(Cl)c(Br)c2s1)c1ccccc1. The normalized spacial score (nSPS) is 10.7. The van der Waals surface area contributed by atoms with Gasteiger partial charge in [0.05, 0.1) is 15.4 Å². The molecular formula is C13H7BrClN3OS. The molecule has 0 aliphatic rings. The lowest BCUT2D eigenvalue weighted by molar-refractivity contribution is 0.102. The molecule has 0 saturated heterocycles. The number of anilines is 1. The van der Waals surface area contributed by atoms with Gasteiger partial charge in [0, 0.05) is 5.56 Å². The van der Waals surface area contributed by atoms with E-state index in [2.05, 4.69) is 31.2 Å². The largest absolute Gasteiger partial charge is 0.298 e. The molecule has 0 atom stereocenters. The molecule has 7 heteroatoms. The van der Waals surface area contributed by atoms with Gasteiger partial charge in [-0.25, -0.2) is 9.97 Å². The lowest BCUT2D eigenvalue weighted by atomic mass is 10.2. The molecule has 0 aliphatic heterocycles. The van der Waals surface area contributed by atoms with Crippen LogP contribution in [0.1, 0.15) is 10.4 Å². The number of thiazole rings is 1. The van der Waals surface area contributed by atoms with Crippen LogP contribution in [0.5, 0.6) is 0 Å². The maximum atomic E-state index is 12.0. The minimum atomic E-state index is -0.195. The highest BCUT2D eigenvalue weighted by Gasteiger charge is 2.13. The number of amides is 1. The number of carbonyl (C=O) groups excluding carboxylic acids is 1. The molecule has 3 aromatic rings. The number of rotatable bonds is 2. The molecule has 0 radical (unpaired) electrons. The van der Waals surface area contributed by atoms with Gasteiger partial charge in [0.1, 0.15) is 10.7 Å². The average molecular weight is 369 g/mol.